The van der Waals surface area contributed by atoms with Crippen LogP contribution in [0, 0.1) is 18.3 Å². The second-order valence-corrected chi connectivity index (χ2v) is 11.4. The standard InChI is InChI=1S/C26H42N6O5/c1-16(2)26(6,7)15-31(17(3)4)22(34)10-8-9-19-13-32(29-28-19)20-11-23(37-21(20)14-33)30-12-18(5)24(35)27-25(30)36/h12-13,16-17,20-21,23,33H,8-11,14-15H2,1-7H3,(H,27,35,36). The van der Waals surface area contributed by atoms with E-state index in [2.05, 4.69) is 56.8 Å². The summed E-state index contributed by atoms with van der Waals surface area (Å²) in [6, 6.07) is -0.192. The summed E-state index contributed by atoms with van der Waals surface area (Å²) in [4.78, 5) is 41.3. The van der Waals surface area contributed by atoms with Gasteiger partial charge >= 0.3 is 5.69 Å². The van der Waals surface area contributed by atoms with Crippen molar-refractivity contribution in [2.24, 2.45) is 11.3 Å². The molecule has 11 heteroatoms. The lowest BCUT2D eigenvalue weighted by molar-refractivity contribution is -0.135. The number of carbonyl (C=O) groups excluding carboxylic acids is 1. The van der Waals surface area contributed by atoms with Crippen LogP contribution in [0.2, 0.25) is 0 Å². The van der Waals surface area contributed by atoms with E-state index >= 15 is 0 Å². The molecule has 1 aliphatic rings. The van der Waals surface area contributed by atoms with Crippen molar-refractivity contribution in [3.8, 4) is 0 Å². The van der Waals surface area contributed by atoms with Gasteiger partial charge in [-0.05, 0) is 44.9 Å². The molecule has 0 aliphatic carbocycles. The van der Waals surface area contributed by atoms with Crippen LogP contribution in [0.3, 0.4) is 0 Å². The number of nitrogens with zero attached hydrogens (tertiary/aromatic N) is 5. The summed E-state index contributed by atoms with van der Waals surface area (Å²) < 4.78 is 8.92. The lowest BCUT2D eigenvalue weighted by atomic mass is 9.80. The minimum Gasteiger partial charge on any atom is -0.394 e. The van der Waals surface area contributed by atoms with Gasteiger partial charge in [-0.15, -0.1) is 5.10 Å². The van der Waals surface area contributed by atoms with Crippen LogP contribution in [0.4, 0.5) is 0 Å². The van der Waals surface area contributed by atoms with E-state index in [1.807, 2.05) is 11.1 Å². The number of rotatable bonds is 11. The Morgan fingerprint density at radius 3 is 2.59 bits per heavy atom. The molecule has 0 aromatic carbocycles. The zero-order chi connectivity index (χ0) is 27.5. The Morgan fingerprint density at radius 1 is 1.27 bits per heavy atom. The SMILES string of the molecule is Cc1cn(C2CC(n3cc(CCCC(=O)N(CC(C)(C)C(C)C)C(C)C)nn3)C(CO)O2)c(=O)[nH]c1=O. The molecule has 0 saturated carbocycles. The Kier molecular flexibility index (Phi) is 9.12. The molecule has 3 unspecified atom stereocenters. The molecule has 1 aliphatic heterocycles. The molecule has 2 N–H and O–H groups in total. The number of aromatic amines is 1. The number of aliphatic hydroxyl groups is 1. The molecule has 3 rings (SSSR count). The monoisotopic (exact) mass is 518 g/mol. The van der Waals surface area contributed by atoms with Gasteiger partial charge in [0.1, 0.15) is 12.3 Å². The first kappa shape index (κ1) is 28.8. The van der Waals surface area contributed by atoms with Crippen LogP contribution in [0.25, 0.3) is 0 Å². The maximum Gasteiger partial charge on any atom is 0.330 e. The zero-order valence-corrected chi connectivity index (χ0v) is 23.1. The molecule has 2 aromatic rings. The summed E-state index contributed by atoms with van der Waals surface area (Å²) in [6.07, 6.45) is 4.12. The van der Waals surface area contributed by atoms with Crippen molar-refractivity contribution < 1.29 is 14.6 Å². The molecule has 3 heterocycles. The van der Waals surface area contributed by atoms with Crippen LogP contribution in [0.5, 0.6) is 0 Å². The zero-order valence-electron chi connectivity index (χ0n) is 23.1. The Balaban J connectivity index is 1.62. The second kappa shape index (κ2) is 11.7. The van der Waals surface area contributed by atoms with Gasteiger partial charge in [0, 0.05) is 43.4 Å². The van der Waals surface area contributed by atoms with Crippen molar-refractivity contribution in [1.82, 2.24) is 29.4 Å². The van der Waals surface area contributed by atoms with Crippen molar-refractivity contribution >= 4 is 5.91 Å². The topological polar surface area (TPSA) is 135 Å². The fourth-order valence-corrected chi connectivity index (χ4v) is 4.46. The molecule has 11 nitrogen and oxygen atoms in total. The van der Waals surface area contributed by atoms with Crippen molar-refractivity contribution in [1.29, 1.82) is 0 Å². The van der Waals surface area contributed by atoms with Crippen molar-refractivity contribution in [2.45, 2.75) is 98.6 Å². The predicted molar refractivity (Wildman–Crippen MR) is 139 cm³/mol. The number of aliphatic hydroxyl groups excluding tert-OH is 1. The number of hydrogen-bond donors (Lipinski definition) is 2. The van der Waals surface area contributed by atoms with Gasteiger partial charge in [0.25, 0.3) is 5.56 Å². The summed E-state index contributed by atoms with van der Waals surface area (Å²) in [6.45, 7) is 15.0. The average molecular weight is 519 g/mol. The Labute approximate surface area is 217 Å². The highest BCUT2D eigenvalue weighted by atomic mass is 16.5. The average Bonchev–Trinajstić information content (AvgIpc) is 3.46. The first-order valence-electron chi connectivity index (χ1n) is 13.1. The predicted octanol–water partition coefficient (Wildman–Crippen LogP) is 2.20. The molecule has 0 radical (unpaired) electrons. The van der Waals surface area contributed by atoms with Gasteiger partial charge in [-0.1, -0.05) is 32.9 Å². The largest absolute Gasteiger partial charge is 0.394 e. The van der Waals surface area contributed by atoms with Crippen LogP contribution < -0.4 is 11.2 Å². The van der Waals surface area contributed by atoms with Gasteiger partial charge in [0.05, 0.1) is 18.3 Å². The minimum absolute atomic E-state index is 0.0337. The third-order valence-electron chi connectivity index (χ3n) is 7.65. The number of ether oxygens (including phenoxy) is 1. The second-order valence-electron chi connectivity index (χ2n) is 11.4. The summed E-state index contributed by atoms with van der Waals surface area (Å²) in [5.74, 6) is 0.607. The third-order valence-corrected chi connectivity index (χ3v) is 7.65. The molecule has 1 saturated heterocycles. The maximum atomic E-state index is 13.0. The van der Waals surface area contributed by atoms with Crippen LogP contribution >= 0.6 is 0 Å². The molecular weight excluding hydrogens is 476 g/mol. The van der Waals surface area contributed by atoms with Crippen LogP contribution in [0.1, 0.15) is 84.3 Å². The number of aromatic nitrogens is 5. The smallest absolute Gasteiger partial charge is 0.330 e. The van der Waals surface area contributed by atoms with Gasteiger partial charge in [-0.25, -0.2) is 9.48 Å². The number of aryl methyl sites for hydroxylation is 2. The van der Waals surface area contributed by atoms with Crippen LogP contribution in [0.15, 0.2) is 22.0 Å². The Hall–Kier alpha value is -2.79. The number of amides is 1. The highest BCUT2D eigenvalue weighted by Crippen LogP contribution is 2.35. The van der Waals surface area contributed by atoms with Crippen molar-refractivity contribution in [3.63, 3.8) is 0 Å². The van der Waals surface area contributed by atoms with Gasteiger partial charge in [0.15, 0.2) is 0 Å². The van der Waals surface area contributed by atoms with Gasteiger partial charge in [-0.2, -0.15) is 0 Å². The summed E-state index contributed by atoms with van der Waals surface area (Å²) in [5.41, 5.74) is 0.187. The number of H-pyrrole nitrogens is 1. The van der Waals surface area contributed by atoms with E-state index < -0.39 is 23.6 Å². The van der Waals surface area contributed by atoms with E-state index in [1.54, 1.807) is 11.6 Å². The Morgan fingerprint density at radius 2 is 1.97 bits per heavy atom. The number of hydrogen-bond acceptors (Lipinski definition) is 7. The van der Waals surface area contributed by atoms with Gasteiger partial charge in [-0.3, -0.25) is 19.1 Å². The number of nitrogens with one attached hydrogen (secondary N) is 1. The minimum atomic E-state index is -0.646. The molecular formula is C26H42N6O5. The summed E-state index contributed by atoms with van der Waals surface area (Å²) in [5, 5.41) is 18.4. The third kappa shape index (κ3) is 6.75. The van der Waals surface area contributed by atoms with Crippen LogP contribution in [-0.4, -0.2) is 65.8 Å². The molecule has 206 valence electrons. The summed E-state index contributed by atoms with van der Waals surface area (Å²) in [7, 11) is 0. The van der Waals surface area contributed by atoms with Crippen molar-refractivity contribution in [2.75, 3.05) is 13.2 Å². The highest BCUT2D eigenvalue weighted by molar-refractivity contribution is 5.76. The molecule has 1 amide bonds. The van der Waals surface area contributed by atoms with E-state index in [-0.39, 0.29) is 30.0 Å². The van der Waals surface area contributed by atoms with E-state index in [4.69, 9.17) is 4.74 Å². The molecule has 2 aromatic heterocycles. The first-order chi connectivity index (χ1) is 17.3. The quantitative estimate of drug-likeness (QED) is 0.465. The van der Waals surface area contributed by atoms with Gasteiger partial charge < -0.3 is 14.7 Å². The maximum absolute atomic E-state index is 13.0. The molecule has 0 bridgehead atoms. The first-order valence-corrected chi connectivity index (χ1v) is 13.1. The van der Waals surface area contributed by atoms with Crippen LogP contribution in [-0.2, 0) is 16.0 Å². The van der Waals surface area contributed by atoms with Crippen molar-refractivity contribution in [3.05, 3.63) is 44.5 Å². The van der Waals surface area contributed by atoms with E-state index in [1.165, 1.54) is 10.8 Å². The lowest BCUT2D eigenvalue weighted by Crippen LogP contribution is -2.44. The van der Waals surface area contributed by atoms with E-state index in [0.29, 0.717) is 37.2 Å². The molecule has 1 fully saturated rings. The fourth-order valence-electron chi connectivity index (χ4n) is 4.46. The number of carbonyl (C=O) groups is 1. The molecule has 3 atom stereocenters. The molecule has 0 spiro atoms. The van der Waals surface area contributed by atoms with Gasteiger partial charge in [0.2, 0.25) is 5.91 Å². The fraction of sp³-hybridized carbons (Fsp3) is 0.731. The normalized spacial score (nSPS) is 20.2. The highest BCUT2D eigenvalue weighted by Gasteiger charge is 2.38. The van der Waals surface area contributed by atoms with E-state index in [0.717, 1.165) is 12.2 Å². The Bertz CT molecular complexity index is 1180. The summed E-state index contributed by atoms with van der Waals surface area (Å²) >= 11 is 0. The van der Waals surface area contributed by atoms with E-state index in [9.17, 15) is 19.5 Å². The lowest BCUT2D eigenvalue weighted by Gasteiger charge is -2.38. The molecule has 37 heavy (non-hydrogen) atoms.